The molecule has 0 saturated carbocycles. The van der Waals surface area contributed by atoms with E-state index in [1.54, 1.807) is 0 Å². The molecule has 0 fully saturated rings. The van der Waals surface area contributed by atoms with Gasteiger partial charge in [0.1, 0.15) is 6.04 Å². The van der Waals surface area contributed by atoms with Crippen LogP contribution in [0.3, 0.4) is 0 Å². The fourth-order valence-corrected chi connectivity index (χ4v) is 1.02. The Morgan fingerprint density at radius 3 is 2.83 bits per heavy atom. The number of hydrogen-bond acceptors (Lipinski definition) is 3. The van der Waals surface area contributed by atoms with Gasteiger partial charge >= 0.3 is 5.97 Å². The summed E-state index contributed by atoms with van der Waals surface area (Å²) in [4.78, 5) is 11.0. The predicted octanol–water partition coefficient (Wildman–Crippen LogP) is 1.31. The van der Waals surface area contributed by atoms with Gasteiger partial charge in [0.05, 0.1) is 6.61 Å². The third-order valence-corrected chi connectivity index (χ3v) is 1.96. The number of carbonyl (C=O) groups is 1. The van der Waals surface area contributed by atoms with Crippen LogP contribution in [0.4, 0.5) is 0 Å². The molecule has 0 spiro atoms. The van der Waals surface area contributed by atoms with Crippen LogP contribution in [-0.2, 0) is 9.53 Å². The Morgan fingerprint density at radius 2 is 2.33 bits per heavy atom. The number of rotatable bonds is 6. The summed E-state index contributed by atoms with van der Waals surface area (Å²) in [5.74, 6) is -0.174. The highest BCUT2D eigenvalue weighted by Gasteiger charge is 2.11. The minimum Gasteiger partial charge on any atom is -0.465 e. The average molecular weight is 238 g/mol. The third-order valence-electron chi connectivity index (χ3n) is 1.40. The van der Waals surface area contributed by atoms with Crippen LogP contribution in [0.5, 0.6) is 0 Å². The summed E-state index contributed by atoms with van der Waals surface area (Å²) in [5.41, 5.74) is 0. The van der Waals surface area contributed by atoms with Crippen molar-refractivity contribution >= 4 is 21.9 Å². The summed E-state index contributed by atoms with van der Waals surface area (Å²) < 4.78 is 4.82. The lowest BCUT2D eigenvalue weighted by molar-refractivity contribution is -0.145. The molecule has 0 aliphatic heterocycles. The fraction of sp³-hybridized carbons (Fsp3) is 0.875. The molecule has 0 aromatic heterocycles. The second-order valence-corrected chi connectivity index (χ2v) is 3.26. The van der Waals surface area contributed by atoms with Crippen LogP contribution >= 0.6 is 15.9 Å². The molecule has 0 aliphatic rings. The van der Waals surface area contributed by atoms with Gasteiger partial charge in [0.15, 0.2) is 0 Å². The van der Waals surface area contributed by atoms with E-state index in [4.69, 9.17) is 4.74 Å². The van der Waals surface area contributed by atoms with Crippen molar-refractivity contribution in [2.45, 2.75) is 26.3 Å². The Morgan fingerprint density at radius 1 is 1.67 bits per heavy atom. The molecule has 0 aromatic carbocycles. The van der Waals surface area contributed by atoms with E-state index in [0.29, 0.717) is 6.61 Å². The van der Waals surface area contributed by atoms with Gasteiger partial charge in [-0.05, 0) is 26.8 Å². The molecule has 0 heterocycles. The zero-order chi connectivity index (χ0) is 9.40. The molecule has 0 radical (unpaired) electrons. The van der Waals surface area contributed by atoms with Crippen LogP contribution in [0.2, 0.25) is 0 Å². The van der Waals surface area contributed by atoms with Crippen molar-refractivity contribution in [1.29, 1.82) is 0 Å². The maximum atomic E-state index is 11.0. The summed E-state index contributed by atoms with van der Waals surface area (Å²) in [7, 11) is 0. The van der Waals surface area contributed by atoms with Crippen LogP contribution in [0.25, 0.3) is 0 Å². The van der Waals surface area contributed by atoms with Crippen LogP contribution in [0.1, 0.15) is 20.3 Å². The smallest absolute Gasteiger partial charge is 0.322 e. The first-order valence-electron chi connectivity index (χ1n) is 4.18. The SMILES string of the molecule is CCOC(=O)C(C)NCCCBr. The summed E-state index contributed by atoms with van der Waals surface area (Å²) in [5, 5.41) is 4.02. The number of hydrogen-bond donors (Lipinski definition) is 1. The number of alkyl halides is 1. The molecule has 0 bridgehead atoms. The van der Waals surface area contributed by atoms with Crippen molar-refractivity contribution in [3.05, 3.63) is 0 Å². The lowest BCUT2D eigenvalue weighted by atomic mass is 10.3. The van der Waals surface area contributed by atoms with E-state index in [1.807, 2.05) is 13.8 Å². The number of nitrogens with one attached hydrogen (secondary N) is 1. The van der Waals surface area contributed by atoms with Gasteiger partial charge in [0.25, 0.3) is 0 Å². The quantitative estimate of drug-likeness (QED) is 0.430. The second kappa shape index (κ2) is 7.55. The molecule has 0 rings (SSSR count). The molecule has 0 amide bonds. The number of ether oxygens (including phenoxy) is 1. The van der Waals surface area contributed by atoms with E-state index < -0.39 is 0 Å². The maximum Gasteiger partial charge on any atom is 0.322 e. The third kappa shape index (κ3) is 5.55. The topological polar surface area (TPSA) is 38.3 Å². The summed E-state index contributed by atoms with van der Waals surface area (Å²) in [6.07, 6.45) is 1.02. The molecular weight excluding hydrogens is 222 g/mol. The van der Waals surface area contributed by atoms with Gasteiger partial charge in [-0.3, -0.25) is 4.79 Å². The summed E-state index contributed by atoms with van der Waals surface area (Å²) in [6.45, 7) is 4.91. The lowest BCUT2D eigenvalue weighted by Crippen LogP contribution is -2.36. The molecule has 0 saturated heterocycles. The Kier molecular flexibility index (Phi) is 7.50. The van der Waals surface area contributed by atoms with Gasteiger partial charge in [0, 0.05) is 5.33 Å². The van der Waals surface area contributed by atoms with Crippen LogP contribution in [0.15, 0.2) is 0 Å². The van der Waals surface area contributed by atoms with Gasteiger partial charge in [0.2, 0.25) is 0 Å². The molecule has 1 unspecified atom stereocenters. The van der Waals surface area contributed by atoms with Gasteiger partial charge in [-0.2, -0.15) is 0 Å². The molecule has 1 atom stereocenters. The summed E-state index contributed by atoms with van der Waals surface area (Å²) in [6, 6.07) is -0.191. The van der Waals surface area contributed by atoms with Gasteiger partial charge in [-0.25, -0.2) is 0 Å². The molecule has 3 nitrogen and oxygen atoms in total. The van der Waals surface area contributed by atoms with Crippen molar-refractivity contribution in [3.63, 3.8) is 0 Å². The standard InChI is InChI=1S/C8H16BrNO2/c1-3-12-8(11)7(2)10-6-4-5-9/h7,10H,3-6H2,1-2H3. The lowest BCUT2D eigenvalue weighted by Gasteiger charge is -2.11. The number of halogens is 1. The van der Waals surface area contributed by atoms with Crippen LogP contribution in [0, 0.1) is 0 Å². The predicted molar refractivity (Wildman–Crippen MR) is 52.5 cm³/mol. The Hall–Kier alpha value is -0.0900. The molecule has 12 heavy (non-hydrogen) atoms. The average Bonchev–Trinajstić information content (AvgIpc) is 2.05. The van der Waals surface area contributed by atoms with E-state index >= 15 is 0 Å². The Labute approximate surface area is 82.0 Å². The molecule has 4 heteroatoms. The van der Waals surface area contributed by atoms with Crippen molar-refractivity contribution < 1.29 is 9.53 Å². The van der Waals surface area contributed by atoms with E-state index in [9.17, 15) is 4.79 Å². The minimum absolute atomic E-state index is 0.174. The highest BCUT2D eigenvalue weighted by atomic mass is 79.9. The van der Waals surface area contributed by atoms with E-state index in [2.05, 4.69) is 21.2 Å². The number of carbonyl (C=O) groups excluding carboxylic acids is 1. The first-order valence-corrected chi connectivity index (χ1v) is 5.30. The van der Waals surface area contributed by atoms with Gasteiger partial charge in [-0.15, -0.1) is 0 Å². The zero-order valence-electron chi connectivity index (χ0n) is 7.60. The molecule has 0 aliphatic carbocycles. The summed E-state index contributed by atoms with van der Waals surface area (Å²) >= 11 is 3.31. The van der Waals surface area contributed by atoms with Crippen molar-refractivity contribution in [2.24, 2.45) is 0 Å². The van der Waals surface area contributed by atoms with Crippen molar-refractivity contribution in [1.82, 2.24) is 5.32 Å². The molecule has 72 valence electrons. The second-order valence-electron chi connectivity index (χ2n) is 2.47. The van der Waals surface area contributed by atoms with Gasteiger partial charge in [-0.1, -0.05) is 15.9 Å². The first-order chi connectivity index (χ1) is 5.72. The monoisotopic (exact) mass is 237 g/mol. The highest BCUT2D eigenvalue weighted by Crippen LogP contribution is 1.90. The van der Waals surface area contributed by atoms with Gasteiger partial charge < -0.3 is 10.1 Å². The van der Waals surface area contributed by atoms with E-state index in [0.717, 1.165) is 18.3 Å². The highest BCUT2D eigenvalue weighted by molar-refractivity contribution is 9.09. The first kappa shape index (κ1) is 11.9. The van der Waals surface area contributed by atoms with E-state index in [-0.39, 0.29) is 12.0 Å². The van der Waals surface area contributed by atoms with Crippen LogP contribution < -0.4 is 5.32 Å². The zero-order valence-corrected chi connectivity index (χ0v) is 9.19. The van der Waals surface area contributed by atoms with Crippen molar-refractivity contribution in [3.8, 4) is 0 Å². The maximum absolute atomic E-state index is 11.0. The largest absolute Gasteiger partial charge is 0.465 e. The van der Waals surface area contributed by atoms with E-state index in [1.165, 1.54) is 0 Å². The van der Waals surface area contributed by atoms with Crippen molar-refractivity contribution in [2.75, 3.05) is 18.5 Å². The number of esters is 1. The molecule has 1 N–H and O–H groups in total. The molecular formula is C8H16BrNO2. The Bertz CT molecular complexity index is 130. The Balaban J connectivity index is 3.42. The van der Waals surface area contributed by atoms with Crippen LogP contribution in [-0.4, -0.2) is 30.5 Å². The minimum atomic E-state index is -0.191. The normalized spacial score (nSPS) is 12.6. The fourth-order valence-electron chi connectivity index (χ4n) is 0.736. The molecule has 0 aromatic rings.